The second kappa shape index (κ2) is 3.87. The van der Waals surface area contributed by atoms with E-state index in [0.717, 1.165) is 39.0 Å². The van der Waals surface area contributed by atoms with E-state index in [-0.39, 0.29) is 17.4 Å². The van der Waals surface area contributed by atoms with Crippen LogP contribution in [-0.4, -0.2) is 38.4 Å². The molecular formula is C10H17NO3. The molecular weight excluding hydrogens is 182 g/mol. The first-order valence-electron chi connectivity index (χ1n) is 5.19. The van der Waals surface area contributed by atoms with E-state index >= 15 is 0 Å². The summed E-state index contributed by atoms with van der Waals surface area (Å²) in [6, 6.07) is 0. The van der Waals surface area contributed by atoms with Gasteiger partial charge in [0.25, 0.3) is 0 Å². The fourth-order valence-corrected chi connectivity index (χ4v) is 2.61. The van der Waals surface area contributed by atoms with Crippen molar-refractivity contribution in [2.24, 2.45) is 5.92 Å². The molecule has 0 bridgehead atoms. The van der Waals surface area contributed by atoms with Crippen LogP contribution in [-0.2, 0) is 14.3 Å². The second-order valence-electron chi connectivity index (χ2n) is 4.06. The van der Waals surface area contributed by atoms with Crippen molar-refractivity contribution >= 4 is 5.97 Å². The Kier molecular flexibility index (Phi) is 2.74. The normalized spacial score (nSPS) is 30.5. The van der Waals surface area contributed by atoms with Crippen molar-refractivity contribution in [2.45, 2.75) is 24.8 Å². The van der Waals surface area contributed by atoms with Crippen LogP contribution in [0.1, 0.15) is 19.3 Å². The smallest absolute Gasteiger partial charge is 0.310 e. The molecule has 0 amide bonds. The van der Waals surface area contributed by atoms with Gasteiger partial charge >= 0.3 is 5.97 Å². The Morgan fingerprint density at radius 2 is 2.21 bits per heavy atom. The Morgan fingerprint density at radius 3 is 2.86 bits per heavy atom. The Labute approximate surface area is 84.0 Å². The lowest BCUT2D eigenvalue weighted by atomic mass is 9.79. The first kappa shape index (κ1) is 9.93. The summed E-state index contributed by atoms with van der Waals surface area (Å²) >= 11 is 0. The van der Waals surface area contributed by atoms with Crippen molar-refractivity contribution in [1.29, 1.82) is 0 Å². The lowest BCUT2D eigenvalue weighted by Crippen LogP contribution is -2.51. The number of rotatable bonds is 1. The van der Waals surface area contributed by atoms with Gasteiger partial charge in [0, 0.05) is 18.8 Å². The molecule has 4 heteroatoms. The van der Waals surface area contributed by atoms with E-state index in [1.807, 2.05) is 0 Å². The zero-order valence-electron chi connectivity index (χ0n) is 8.54. The molecule has 0 aromatic carbocycles. The molecule has 0 aromatic rings. The molecule has 0 saturated carbocycles. The predicted molar refractivity (Wildman–Crippen MR) is 50.9 cm³/mol. The molecule has 0 radical (unpaired) electrons. The van der Waals surface area contributed by atoms with Crippen LogP contribution < -0.4 is 5.32 Å². The van der Waals surface area contributed by atoms with E-state index in [1.54, 1.807) is 0 Å². The predicted octanol–water partition coefficient (Wildman–Crippen LogP) is 0.318. The first-order chi connectivity index (χ1) is 6.78. The number of methoxy groups -OCH3 is 1. The SMILES string of the molecule is COC(=O)C1CCNC12CCOCC2. The Bertz CT molecular complexity index is 223. The van der Waals surface area contributed by atoms with E-state index in [9.17, 15) is 4.79 Å². The highest BCUT2D eigenvalue weighted by molar-refractivity contribution is 5.74. The summed E-state index contributed by atoms with van der Waals surface area (Å²) < 4.78 is 10.2. The molecule has 2 aliphatic rings. The third kappa shape index (κ3) is 1.53. The third-order valence-corrected chi connectivity index (χ3v) is 3.45. The molecule has 1 N–H and O–H groups in total. The maximum absolute atomic E-state index is 11.6. The van der Waals surface area contributed by atoms with Crippen LogP contribution in [0.2, 0.25) is 0 Å². The molecule has 1 unspecified atom stereocenters. The maximum atomic E-state index is 11.6. The van der Waals surface area contributed by atoms with Gasteiger partial charge in [-0.15, -0.1) is 0 Å². The van der Waals surface area contributed by atoms with Crippen molar-refractivity contribution in [1.82, 2.24) is 5.32 Å². The van der Waals surface area contributed by atoms with Gasteiger partial charge in [-0.3, -0.25) is 4.79 Å². The van der Waals surface area contributed by atoms with Gasteiger partial charge in [-0.2, -0.15) is 0 Å². The summed E-state index contributed by atoms with van der Waals surface area (Å²) in [4.78, 5) is 11.6. The second-order valence-corrected chi connectivity index (χ2v) is 4.06. The monoisotopic (exact) mass is 199 g/mol. The molecule has 14 heavy (non-hydrogen) atoms. The maximum Gasteiger partial charge on any atom is 0.310 e. The zero-order valence-corrected chi connectivity index (χ0v) is 8.54. The molecule has 0 aromatic heterocycles. The average Bonchev–Trinajstić information content (AvgIpc) is 2.62. The van der Waals surface area contributed by atoms with Crippen molar-refractivity contribution in [3.63, 3.8) is 0 Å². The number of ether oxygens (including phenoxy) is 2. The average molecular weight is 199 g/mol. The number of carbonyl (C=O) groups is 1. The standard InChI is InChI=1S/C10H17NO3/c1-13-9(12)8-2-5-11-10(8)3-6-14-7-4-10/h8,11H,2-7H2,1H3. The number of hydrogen-bond acceptors (Lipinski definition) is 4. The van der Waals surface area contributed by atoms with Crippen molar-refractivity contribution in [3.8, 4) is 0 Å². The van der Waals surface area contributed by atoms with Crippen LogP contribution in [0.15, 0.2) is 0 Å². The van der Waals surface area contributed by atoms with Gasteiger partial charge in [-0.05, 0) is 25.8 Å². The van der Waals surface area contributed by atoms with Gasteiger partial charge in [0.05, 0.1) is 13.0 Å². The van der Waals surface area contributed by atoms with Gasteiger partial charge in [-0.1, -0.05) is 0 Å². The van der Waals surface area contributed by atoms with Crippen LogP contribution in [0.4, 0.5) is 0 Å². The van der Waals surface area contributed by atoms with Crippen LogP contribution >= 0.6 is 0 Å². The Balaban J connectivity index is 2.11. The summed E-state index contributed by atoms with van der Waals surface area (Å²) in [5, 5.41) is 3.46. The molecule has 2 aliphatic heterocycles. The minimum absolute atomic E-state index is 0.0244. The highest BCUT2D eigenvalue weighted by Crippen LogP contribution is 2.35. The quantitative estimate of drug-likeness (QED) is 0.618. The lowest BCUT2D eigenvalue weighted by Gasteiger charge is -2.37. The van der Waals surface area contributed by atoms with Crippen LogP contribution in [0.3, 0.4) is 0 Å². The summed E-state index contributed by atoms with van der Waals surface area (Å²) in [6.45, 7) is 2.42. The van der Waals surface area contributed by atoms with E-state index < -0.39 is 0 Å². The van der Waals surface area contributed by atoms with Gasteiger partial charge in [0.2, 0.25) is 0 Å². The highest BCUT2D eigenvalue weighted by Gasteiger charge is 2.47. The summed E-state index contributed by atoms with van der Waals surface area (Å²) in [5.41, 5.74) is -0.0364. The van der Waals surface area contributed by atoms with E-state index in [2.05, 4.69) is 5.32 Å². The van der Waals surface area contributed by atoms with Crippen molar-refractivity contribution < 1.29 is 14.3 Å². The van der Waals surface area contributed by atoms with E-state index in [4.69, 9.17) is 9.47 Å². The minimum Gasteiger partial charge on any atom is -0.469 e. The van der Waals surface area contributed by atoms with Crippen LogP contribution in [0.25, 0.3) is 0 Å². The number of esters is 1. The van der Waals surface area contributed by atoms with Gasteiger partial charge < -0.3 is 14.8 Å². The molecule has 4 nitrogen and oxygen atoms in total. The summed E-state index contributed by atoms with van der Waals surface area (Å²) in [7, 11) is 1.47. The summed E-state index contributed by atoms with van der Waals surface area (Å²) in [6.07, 6.45) is 2.74. The van der Waals surface area contributed by atoms with Crippen LogP contribution in [0.5, 0.6) is 0 Å². The molecule has 1 atom stereocenters. The Hall–Kier alpha value is -0.610. The van der Waals surface area contributed by atoms with Crippen molar-refractivity contribution in [2.75, 3.05) is 26.9 Å². The Morgan fingerprint density at radius 1 is 1.50 bits per heavy atom. The molecule has 1 spiro atoms. The lowest BCUT2D eigenvalue weighted by molar-refractivity contribution is -0.148. The topological polar surface area (TPSA) is 47.6 Å². The third-order valence-electron chi connectivity index (χ3n) is 3.45. The van der Waals surface area contributed by atoms with Crippen molar-refractivity contribution in [3.05, 3.63) is 0 Å². The largest absolute Gasteiger partial charge is 0.469 e. The number of nitrogens with one attached hydrogen (secondary N) is 1. The van der Waals surface area contributed by atoms with E-state index in [0.29, 0.717) is 0 Å². The fourth-order valence-electron chi connectivity index (χ4n) is 2.61. The highest BCUT2D eigenvalue weighted by atomic mass is 16.5. The zero-order chi connectivity index (χ0) is 10.0. The molecule has 2 saturated heterocycles. The number of carbonyl (C=O) groups excluding carboxylic acids is 1. The molecule has 0 aliphatic carbocycles. The van der Waals surface area contributed by atoms with Gasteiger partial charge in [0.1, 0.15) is 0 Å². The molecule has 80 valence electrons. The molecule has 2 heterocycles. The van der Waals surface area contributed by atoms with Gasteiger partial charge in [0.15, 0.2) is 0 Å². The molecule has 2 rings (SSSR count). The van der Waals surface area contributed by atoms with Crippen LogP contribution in [0, 0.1) is 5.92 Å². The number of hydrogen-bond donors (Lipinski definition) is 1. The fraction of sp³-hybridized carbons (Fsp3) is 0.900. The summed E-state index contributed by atoms with van der Waals surface area (Å²) in [5.74, 6) is -0.0479. The first-order valence-corrected chi connectivity index (χ1v) is 5.19. The minimum atomic E-state index is -0.0723. The van der Waals surface area contributed by atoms with E-state index in [1.165, 1.54) is 7.11 Å². The van der Waals surface area contributed by atoms with Gasteiger partial charge in [-0.25, -0.2) is 0 Å². The molecule has 2 fully saturated rings.